The molecule has 1 aliphatic heterocycles. The number of carbonyl (C=O) groups excluding carboxylic acids is 1. The fourth-order valence-corrected chi connectivity index (χ4v) is 2.73. The number of likely N-dealkylation sites (tertiary alicyclic amines) is 1. The normalized spacial score (nSPS) is 22.1. The van der Waals surface area contributed by atoms with Gasteiger partial charge in [-0.3, -0.25) is 9.69 Å². The van der Waals surface area contributed by atoms with Crippen LogP contribution in [0.1, 0.15) is 21.7 Å². The molecular formula is C10H15N3OS. The van der Waals surface area contributed by atoms with Crippen molar-refractivity contribution >= 4 is 17.2 Å². The predicted octanol–water partition coefficient (Wildman–Crippen LogP) is 0.380. The minimum atomic E-state index is -0.351. The van der Waals surface area contributed by atoms with Crippen molar-refractivity contribution in [2.75, 3.05) is 13.1 Å². The quantitative estimate of drug-likeness (QED) is 0.781. The summed E-state index contributed by atoms with van der Waals surface area (Å²) in [5.41, 5.74) is 11.6. The molecule has 1 atom stereocenters. The van der Waals surface area contributed by atoms with Gasteiger partial charge in [-0.05, 0) is 12.5 Å². The summed E-state index contributed by atoms with van der Waals surface area (Å²) in [6.45, 7) is 2.88. The van der Waals surface area contributed by atoms with E-state index in [4.69, 9.17) is 11.5 Å². The molecular weight excluding hydrogens is 210 g/mol. The fourth-order valence-electron chi connectivity index (χ4n) is 1.82. The molecule has 2 rings (SSSR count). The Morgan fingerprint density at radius 2 is 2.47 bits per heavy atom. The topological polar surface area (TPSA) is 72.4 Å². The summed E-state index contributed by atoms with van der Waals surface area (Å²) < 4.78 is 0. The van der Waals surface area contributed by atoms with Crippen molar-refractivity contribution in [3.05, 3.63) is 21.9 Å². The van der Waals surface area contributed by atoms with E-state index in [2.05, 4.69) is 4.90 Å². The number of rotatable bonds is 3. The molecule has 0 saturated carbocycles. The van der Waals surface area contributed by atoms with Crippen molar-refractivity contribution in [3.8, 4) is 0 Å². The molecule has 0 aromatic carbocycles. The number of nitrogens with zero attached hydrogens (tertiary/aromatic N) is 1. The first-order valence-electron chi connectivity index (χ1n) is 5.00. The molecule has 2 heterocycles. The zero-order chi connectivity index (χ0) is 10.8. The van der Waals surface area contributed by atoms with E-state index in [9.17, 15) is 4.79 Å². The zero-order valence-corrected chi connectivity index (χ0v) is 9.30. The molecule has 82 valence electrons. The number of hydrogen-bond donors (Lipinski definition) is 2. The molecule has 1 fully saturated rings. The van der Waals surface area contributed by atoms with Crippen LogP contribution in [0.25, 0.3) is 0 Å². The molecule has 0 bridgehead atoms. The van der Waals surface area contributed by atoms with Crippen molar-refractivity contribution in [3.63, 3.8) is 0 Å². The Morgan fingerprint density at radius 1 is 1.67 bits per heavy atom. The Morgan fingerprint density at radius 3 is 3.00 bits per heavy atom. The molecule has 0 unspecified atom stereocenters. The highest BCUT2D eigenvalue weighted by Crippen LogP contribution is 2.18. The van der Waals surface area contributed by atoms with Gasteiger partial charge in [-0.15, -0.1) is 11.3 Å². The van der Waals surface area contributed by atoms with Gasteiger partial charge in [-0.1, -0.05) is 0 Å². The summed E-state index contributed by atoms with van der Waals surface area (Å²) in [6.07, 6.45) is 1.06. The molecule has 0 spiro atoms. The molecule has 1 aromatic heterocycles. The van der Waals surface area contributed by atoms with Crippen LogP contribution in [0, 0.1) is 0 Å². The molecule has 1 saturated heterocycles. The summed E-state index contributed by atoms with van der Waals surface area (Å²) in [5, 5.41) is 1.81. The fraction of sp³-hybridized carbons (Fsp3) is 0.500. The zero-order valence-electron chi connectivity index (χ0n) is 8.48. The van der Waals surface area contributed by atoms with Crippen LogP contribution >= 0.6 is 11.3 Å². The smallest absolute Gasteiger partial charge is 0.249 e. The molecule has 4 N–H and O–H groups in total. The van der Waals surface area contributed by atoms with Crippen molar-refractivity contribution in [2.24, 2.45) is 11.5 Å². The third-order valence-corrected chi connectivity index (χ3v) is 3.55. The summed E-state index contributed by atoms with van der Waals surface area (Å²) in [6, 6.07) is 2.18. The predicted molar refractivity (Wildman–Crippen MR) is 60.7 cm³/mol. The van der Waals surface area contributed by atoms with Crippen molar-refractivity contribution in [1.82, 2.24) is 4.90 Å². The van der Waals surface area contributed by atoms with E-state index in [0.717, 1.165) is 26.1 Å². The molecule has 1 amide bonds. The number of amides is 1. The average molecular weight is 225 g/mol. The van der Waals surface area contributed by atoms with Gasteiger partial charge in [-0.2, -0.15) is 0 Å². The van der Waals surface area contributed by atoms with E-state index < -0.39 is 0 Å². The van der Waals surface area contributed by atoms with E-state index in [1.807, 2.05) is 11.4 Å². The Labute approximate surface area is 92.9 Å². The first kappa shape index (κ1) is 10.6. The maximum atomic E-state index is 10.9. The molecule has 1 aliphatic rings. The van der Waals surface area contributed by atoms with Crippen molar-refractivity contribution < 1.29 is 4.79 Å². The third kappa shape index (κ3) is 2.56. The van der Waals surface area contributed by atoms with E-state index in [-0.39, 0.29) is 5.91 Å². The van der Waals surface area contributed by atoms with Crippen LogP contribution < -0.4 is 11.5 Å². The molecule has 1 aromatic rings. The summed E-state index contributed by atoms with van der Waals surface area (Å²) in [5.74, 6) is -0.351. The van der Waals surface area contributed by atoms with Gasteiger partial charge in [-0.25, -0.2) is 0 Å². The second-order valence-corrected chi connectivity index (χ2v) is 4.95. The first-order chi connectivity index (χ1) is 7.15. The maximum Gasteiger partial charge on any atom is 0.249 e. The number of thiophene rings is 1. The van der Waals surface area contributed by atoms with Gasteiger partial charge in [0.25, 0.3) is 0 Å². The van der Waals surface area contributed by atoms with Gasteiger partial charge in [0.05, 0.1) is 5.56 Å². The third-order valence-electron chi connectivity index (χ3n) is 2.63. The summed E-state index contributed by atoms with van der Waals surface area (Å²) in [7, 11) is 0. The molecule has 4 nitrogen and oxygen atoms in total. The highest BCUT2D eigenvalue weighted by atomic mass is 32.1. The monoisotopic (exact) mass is 225 g/mol. The minimum absolute atomic E-state index is 0.306. The maximum absolute atomic E-state index is 10.9. The number of carbonyl (C=O) groups is 1. The number of nitrogens with two attached hydrogens (primary N) is 2. The molecule has 15 heavy (non-hydrogen) atoms. The van der Waals surface area contributed by atoms with Crippen LogP contribution in [0.4, 0.5) is 0 Å². The van der Waals surface area contributed by atoms with Gasteiger partial charge in [0, 0.05) is 35.9 Å². The molecule has 5 heteroatoms. The second kappa shape index (κ2) is 4.30. The lowest BCUT2D eigenvalue weighted by molar-refractivity contribution is 0.100. The Bertz CT molecular complexity index is 363. The van der Waals surface area contributed by atoms with E-state index in [1.54, 1.807) is 11.3 Å². The van der Waals surface area contributed by atoms with E-state index in [0.29, 0.717) is 11.6 Å². The van der Waals surface area contributed by atoms with Crippen LogP contribution in [0.2, 0.25) is 0 Å². The minimum Gasteiger partial charge on any atom is -0.366 e. The lowest BCUT2D eigenvalue weighted by Crippen LogP contribution is -2.25. The summed E-state index contributed by atoms with van der Waals surface area (Å²) >= 11 is 1.58. The second-order valence-electron chi connectivity index (χ2n) is 3.95. The average Bonchev–Trinajstić information content (AvgIpc) is 2.76. The van der Waals surface area contributed by atoms with Crippen LogP contribution in [0.15, 0.2) is 11.4 Å². The van der Waals surface area contributed by atoms with Gasteiger partial charge in [0.1, 0.15) is 0 Å². The van der Waals surface area contributed by atoms with Crippen LogP contribution in [-0.4, -0.2) is 29.9 Å². The standard InChI is InChI=1S/C10H15N3OS/c11-8-1-2-13(4-8)5-9-3-7(6-15-9)10(12)14/h3,6,8H,1-2,4-5,11H2,(H2,12,14)/t8-/m1/s1. The van der Waals surface area contributed by atoms with Gasteiger partial charge < -0.3 is 11.5 Å². The van der Waals surface area contributed by atoms with Crippen LogP contribution in [0.3, 0.4) is 0 Å². The Balaban J connectivity index is 1.96. The van der Waals surface area contributed by atoms with Crippen molar-refractivity contribution in [2.45, 2.75) is 19.0 Å². The molecule has 0 aliphatic carbocycles. The lowest BCUT2D eigenvalue weighted by Gasteiger charge is -2.13. The number of hydrogen-bond acceptors (Lipinski definition) is 4. The van der Waals surface area contributed by atoms with Crippen LogP contribution in [0.5, 0.6) is 0 Å². The van der Waals surface area contributed by atoms with Gasteiger partial charge in [0.15, 0.2) is 0 Å². The highest BCUT2D eigenvalue weighted by molar-refractivity contribution is 7.10. The molecule has 0 radical (unpaired) electrons. The van der Waals surface area contributed by atoms with Gasteiger partial charge >= 0.3 is 0 Å². The first-order valence-corrected chi connectivity index (χ1v) is 5.88. The Kier molecular flexibility index (Phi) is 3.04. The summed E-state index contributed by atoms with van der Waals surface area (Å²) in [4.78, 5) is 14.4. The Hall–Kier alpha value is -0.910. The van der Waals surface area contributed by atoms with E-state index >= 15 is 0 Å². The SMILES string of the molecule is NC(=O)c1csc(CN2CC[C@@H](N)C2)c1. The largest absolute Gasteiger partial charge is 0.366 e. The van der Waals surface area contributed by atoms with E-state index in [1.165, 1.54) is 4.88 Å². The van der Waals surface area contributed by atoms with Gasteiger partial charge in [0.2, 0.25) is 5.91 Å². The highest BCUT2D eigenvalue weighted by Gasteiger charge is 2.19. The number of primary amides is 1. The van der Waals surface area contributed by atoms with Crippen molar-refractivity contribution in [1.29, 1.82) is 0 Å². The lowest BCUT2D eigenvalue weighted by atomic mass is 10.3. The van der Waals surface area contributed by atoms with Crippen LogP contribution in [-0.2, 0) is 6.54 Å².